The van der Waals surface area contributed by atoms with Crippen molar-refractivity contribution in [2.45, 2.75) is 46.6 Å². The fourth-order valence-electron chi connectivity index (χ4n) is 2.49. The third kappa shape index (κ3) is 4.47. The highest BCUT2D eigenvalue weighted by Crippen LogP contribution is 2.29. The van der Waals surface area contributed by atoms with Gasteiger partial charge in [0.25, 0.3) is 5.91 Å². The summed E-state index contributed by atoms with van der Waals surface area (Å²) < 4.78 is 0. The molecular weight excluding hydrogens is 240 g/mol. The predicted molar refractivity (Wildman–Crippen MR) is 78.1 cm³/mol. The van der Waals surface area contributed by atoms with Crippen LogP contribution < -0.4 is 11.1 Å². The highest BCUT2D eigenvalue weighted by Gasteiger charge is 2.28. The molecule has 1 rings (SSSR count). The molecule has 1 aromatic carbocycles. The molecule has 1 amide bonds. The zero-order chi connectivity index (χ0) is 14.8. The van der Waals surface area contributed by atoms with Crippen molar-refractivity contribution in [2.75, 3.05) is 5.73 Å². The molecule has 4 heteroatoms. The molecule has 0 bridgehead atoms. The van der Waals surface area contributed by atoms with E-state index in [9.17, 15) is 9.90 Å². The first-order valence-corrected chi connectivity index (χ1v) is 6.42. The summed E-state index contributed by atoms with van der Waals surface area (Å²) in [6, 6.07) is 4.78. The van der Waals surface area contributed by atoms with Crippen LogP contribution in [0.5, 0.6) is 5.75 Å². The van der Waals surface area contributed by atoms with Gasteiger partial charge in [0.15, 0.2) is 5.75 Å². The number of hydrogen-bond donors (Lipinski definition) is 3. The molecule has 4 nitrogen and oxygen atoms in total. The lowest BCUT2D eigenvalue weighted by molar-refractivity contribution is 0.0889. The average Bonchev–Trinajstić information content (AvgIpc) is 2.17. The summed E-state index contributed by atoms with van der Waals surface area (Å²) >= 11 is 0. The Labute approximate surface area is 115 Å². The Kier molecular flexibility index (Phi) is 4.13. The summed E-state index contributed by atoms with van der Waals surface area (Å²) in [5, 5.41) is 12.8. The number of amides is 1. The molecule has 4 N–H and O–H groups in total. The van der Waals surface area contributed by atoms with Crippen molar-refractivity contribution in [3.05, 3.63) is 23.8 Å². The first kappa shape index (κ1) is 15.3. The number of aromatic hydroxyl groups is 1. The zero-order valence-corrected chi connectivity index (χ0v) is 12.4. The maximum absolute atomic E-state index is 12.2. The molecule has 0 saturated heterocycles. The van der Waals surface area contributed by atoms with Gasteiger partial charge >= 0.3 is 0 Å². The second kappa shape index (κ2) is 5.11. The summed E-state index contributed by atoms with van der Waals surface area (Å²) in [6.45, 7) is 10.3. The van der Waals surface area contributed by atoms with Crippen molar-refractivity contribution in [2.24, 2.45) is 5.41 Å². The molecule has 0 radical (unpaired) electrons. The van der Waals surface area contributed by atoms with Crippen LogP contribution in [0.2, 0.25) is 0 Å². The summed E-state index contributed by atoms with van der Waals surface area (Å²) in [5.74, 6) is -0.467. The van der Waals surface area contributed by atoms with Crippen LogP contribution >= 0.6 is 0 Å². The minimum absolute atomic E-state index is 0.106. The monoisotopic (exact) mass is 264 g/mol. The van der Waals surface area contributed by atoms with E-state index in [0.29, 0.717) is 0 Å². The van der Waals surface area contributed by atoms with Crippen LogP contribution in [-0.4, -0.2) is 16.6 Å². The van der Waals surface area contributed by atoms with Crippen molar-refractivity contribution < 1.29 is 9.90 Å². The predicted octanol–water partition coefficient (Wildman–Crippen LogP) is 2.92. The van der Waals surface area contributed by atoms with Crippen LogP contribution in [0.3, 0.4) is 0 Å². The van der Waals surface area contributed by atoms with E-state index in [-0.39, 0.29) is 33.9 Å². The van der Waals surface area contributed by atoms with E-state index in [1.807, 2.05) is 13.8 Å². The van der Waals surface area contributed by atoms with Gasteiger partial charge in [-0.05, 0) is 37.8 Å². The molecule has 0 aliphatic heterocycles. The van der Waals surface area contributed by atoms with Gasteiger partial charge in [-0.25, -0.2) is 0 Å². The Morgan fingerprint density at radius 2 is 1.84 bits per heavy atom. The van der Waals surface area contributed by atoms with Gasteiger partial charge in [0.1, 0.15) is 0 Å². The number of phenols is 1. The second-order valence-corrected chi connectivity index (χ2v) is 6.82. The van der Waals surface area contributed by atoms with E-state index in [0.717, 1.165) is 6.42 Å². The number of nitrogens with two attached hydrogens (primary N) is 1. The molecule has 0 unspecified atom stereocenters. The maximum atomic E-state index is 12.2. The highest BCUT2D eigenvalue weighted by molar-refractivity contribution is 5.98. The molecule has 1 aromatic rings. The number of anilines is 1. The van der Waals surface area contributed by atoms with Crippen LogP contribution in [0.15, 0.2) is 18.2 Å². The van der Waals surface area contributed by atoms with E-state index in [1.165, 1.54) is 0 Å². The number of hydrogen-bond acceptors (Lipinski definition) is 3. The van der Waals surface area contributed by atoms with E-state index >= 15 is 0 Å². The first-order valence-electron chi connectivity index (χ1n) is 6.42. The Morgan fingerprint density at radius 1 is 1.26 bits per heavy atom. The van der Waals surface area contributed by atoms with Crippen molar-refractivity contribution >= 4 is 11.6 Å². The Bertz CT molecular complexity index is 474. The smallest absolute Gasteiger partial charge is 0.255 e. The quantitative estimate of drug-likeness (QED) is 0.580. The van der Waals surface area contributed by atoms with Crippen molar-refractivity contribution in [3.8, 4) is 5.75 Å². The number of nitrogens with one attached hydrogen (secondary N) is 1. The van der Waals surface area contributed by atoms with E-state index in [2.05, 4.69) is 26.1 Å². The molecular formula is C15H24N2O2. The van der Waals surface area contributed by atoms with E-state index in [4.69, 9.17) is 5.73 Å². The second-order valence-electron chi connectivity index (χ2n) is 6.82. The SMILES string of the molecule is CC(C)(C)CC(C)(C)NC(=O)c1cccc(N)c1O. The van der Waals surface area contributed by atoms with Gasteiger partial charge in [0.2, 0.25) is 0 Å². The largest absolute Gasteiger partial charge is 0.505 e. The molecule has 0 saturated carbocycles. The Morgan fingerprint density at radius 3 is 2.37 bits per heavy atom. The molecule has 0 heterocycles. The Balaban J connectivity index is 2.88. The molecule has 0 atom stereocenters. The fourth-order valence-corrected chi connectivity index (χ4v) is 2.49. The fraction of sp³-hybridized carbons (Fsp3) is 0.533. The van der Waals surface area contributed by atoms with Gasteiger partial charge in [-0.1, -0.05) is 26.8 Å². The van der Waals surface area contributed by atoms with Crippen molar-refractivity contribution in [1.82, 2.24) is 5.32 Å². The molecule has 106 valence electrons. The van der Waals surface area contributed by atoms with Gasteiger partial charge in [0.05, 0.1) is 11.3 Å². The number of para-hydroxylation sites is 1. The standard InChI is InChI=1S/C15H24N2O2/c1-14(2,3)9-15(4,5)17-13(19)10-7-6-8-11(16)12(10)18/h6-8,18H,9,16H2,1-5H3,(H,17,19). The first-order chi connectivity index (χ1) is 8.52. The summed E-state index contributed by atoms with van der Waals surface area (Å²) in [5.41, 5.74) is 5.76. The minimum atomic E-state index is -0.355. The zero-order valence-electron chi connectivity index (χ0n) is 12.4. The summed E-state index contributed by atoms with van der Waals surface area (Å²) in [4.78, 5) is 12.2. The van der Waals surface area contributed by atoms with Gasteiger partial charge in [0, 0.05) is 5.54 Å². The lowest BCUT2D eigenvalue weighted by Crippen LogP contribution is -2.45. The van der Waals surface area contributed by atoms with E-state index in [1.54, 1.807) is 18.2 Å². The molecule has 0 fully saturated rings. The molecule has 0 aromatic heterocycles. The van der Waals surface area contributed by atoms with Gasteiger partial charge < -0.3 is 16.2 Å². The summed E-state index contributed by atoms with van der Waals surface area (Å²) in [7, 11) is 0. The van der Waals surface area contributed by atoms with Crippen molar-refractivity contribution in [3.63, 3.8) is 0 Å². The van der Waals surface area contributed by atoms with Crippen molar-refractivity contribution in [1.29, 1.82) is 0 Å². The minimum Gasteiger partial charge on any atom is -0.505 e. The maximum Gasteiger partial charge on any atom is 0.255 e. The topological polar surface area (TPSA) is 75.4 Å². The van der Waals surface area contributed by atoms with Gasteiger partial charge in [-0.3, -0.25) is 4.79 Å². The third-order valence-electron chi connectivity index (χ3n) is 2.74. The normalized spacial score (nSPS) is 12.3. The van der Waals surface area contributed by atoms with Crippen LogP contribution in [0.25, 0.3) is 0 Å². The van der Waals surface area contributed by atoms with Gasteiger partial charge in [-0.15, -0.1) is 0 Å². The summed E-state index contributed by atoms with van der Waals surface area (Å²) in [6.07, 6.45) is 0.828. The number of carbonyl (C=O) groups excluding carboxylic acids is 1. The number of nitrogen functional groups attached to an aromatic ring is 1. The number of benzene rings is 1. The number of phenolic OH excluding ortho intramolecular Hbond substituents is 1. The van der Waals surface area contributed by atoms with Crippen LogP contribution in [-0.2, 0) is 0 Å². The lowest BCUT2D eigenvalue weighted by Gasteiger charge is -2.33. The van der Waals surface area contributed by atoms with Crippen LogP contribution in [0, 0.1) is 5.41 Å². The van der Waals surface area contributed by atoms with Gasteiger partial charge in [-0.2, -0.15) is 0 Å². The molecule has 0 aliphatic carbocycles. The van der Waals surface area contributed by atoms with Crippen LogP contribution in [0.4, 0.5) is 5.69 Å². The Hall–Kier alpha value is -1.71. The highest BCUT2D eigenvalue weighted by atomic mass is 16.3. The molecule has 19 heavy (non-hydrogen) atoms. The average molecular weight is 264 g/mol. The number of rotatable bonds is 3. The van der Waals surface area contributed by atoms with Crippen LogP contribution in [0.1, 0.15) is 51.4 Å². The number of carbonyl (C=O) groups is 1. The lowest BCUT2D eigenvalue weighted by atomic mass is 9.81. The van der Waals surface area contributed by atoms with E-state index < -0.39 is 0 Å². The third-order valence-corrected chi connectivity index (χ3v) is 2.74. The molecule has 0 spiro atoms. The molecule has 0 aliphatic rings.